The number of fused-ring (bicyclic) bond motifs is 1. The number of halogens is 3. The van der Waals surface area contributed by atoms with E-state index in [4.69, 9.17) is 0 Å². The van der Waals surface area contributed by atoms with E-state index in [0.717, 1.165) is 16.7 Å². The Balaban J connectivity index is 2.06. The van der Waals surface area contributed by atoms with Crippen molar-refractivity contribution in [3.05, 3.63) is 101 Å². The van der Waals surface area contributed by atoms with Crippen LogP contribution < -0.4 is 21.5 Å². The first-order valence-corrected chi connectivity index (χ1v) is 10.9. The number of alkyl halides is 3. The van der Waals surface area contributed by atoms with E-state index < -0.39 is 24.4 Å². The monoisotopic (exact) mass is 427 g/mol. The molecule has 0 bridgehead atoms. The summed E-state index contributed by atoms with van der Waals surface area (Å²) in [4.78, 5) is 13.2. The zero-order valence-electron chi connectivity index (χ0n) is 15.9. The molecule has 0 saturated carbocycles. The third-order valence-electron chi connectivity index (χ3n) is 5.11. The van der Waals surface area contributed by atoms with Crippen molar-refractivity contribution in [3.63, 3.8) is 0 Å². The van der Waals surface area contributed by atoms with E-state index in [-0.39, 0.29) is 10.8 Å². The number of hydrogen-bond acceptors (Lipinski definition) is 2. The van der Waals surface area contributed by atoms with Crippen LogP contribution in [0, 0.1) is 0 Å². The maximum atomic E-state index is 14.5. The Kier molecular flexibility index (Phi) is 4.91. The van der Waals surface area contributed by atoms with Crippen LogP contribution >= 0.6 is 7.14 Å². The highest BCUT2D eigenvalue weighted by atomic mass is 31.2. The van der Waals surface area contributed by atoms with E-state index in [1.165, 1.54) is 19.2 Å². The van der Waals surface area contributed by atoms with Gasteiger partial charge in [0, 0.05) is 17.7 Å². The molecule has 0 aliphatic carbocycles. The Morgan fingerprint density at radius 3 is 1.83 bits per heavy atom. The average molecular weight is 427 g/mol. The quantitative estimate of drug-likeness (QED) is 0.460. The minimum Gasteiger partial charge on any atom is -0.311 e. The minimum absolute atomic E-state index is 0.0645. The topological polar surface area (TPSA) is 39.1 Å². The molecular weight excluding hydrogens is 410 g/mol. The third kappa shape index (κ3) is 3.27. The maximum Gasteiger partial charge on any atom is 0.416 e. The number of rotatable bonds is 3. The fraction of sp³-hybridized carbons (Fsp3) is 0.0870. The number of benzene rings is 3. The molecule has 0 radical (unpaired) electrons. The number of aromatic nitrogens is 1. The summed E-state index contributed by atoms with van der Waals surface area (Å²) in [6, 6.07) is 22.0. The van der Waals surface area contributed by atoms with Crippen molar-refractivity contribution in [2.45, 2.75) is 6.18 Å². The average Bonchev–Trinajstić information content (AvgIpc) is 2.76. The summed E-state index contributed by atoms with van der Waals surface area (Å²) in [5.74, 6) is 0. The summed E-state index contributed by atoms with van der Waals surface area (Å²) in [6.45, 7) is 0. The smallest absolute Gasteiger partial charge is 0.311 e. The van der Waals surface area contributed by atoms with Gasteiger partial charge in [0.1, 0.15) is 0 Å². The molecule has 3 nitrogen and oxygen atoms in total. The molecule has 3 aromatic carbocycles. The fourth-order valence-corrected chi connectivity index (χ4v) is 6.33. The van der Waals surface area contributed by atoms with Crippen molar-refractivity contribution in [1.29, 1.82) is 0 Å². The molecule has 30 heavy (non-hydrogen) atoms. The lowest BCUT2D eigenvalue weighted by Gasteiger charge is -2.21. The highest BCUT2D eigenvalue weighted by molar-refractivity contribution is 7.85. The normalized spacial score (nSPS) is 12.3. The minimum atomic E-state index is -4.52. The molecule has 0 fully saturated rings. The molecule has 0 saturated heterocycles. The van der Waals surface area contributed by atoms with Crippen molar-refractivity contribution in [1.82, 2.24) is 4.57 Å². The van der Waals surface area contributed by atoms with Crippen LogP contribution in [0.25, 0.3) is 10.9 Å². The summed E-state index contributed by atoms with van der Waals surface area (Å²) in [5, 5.41) is 1.45. The second kappa shape index (κ2) is 7.29. The molecule has 7 heteroatoms. The van der Waals surface area contributed by atoms with Gasteiger partial charge in [0.25, 0.3) is 5.56 Å². The van der Waals surface area contributed by atoms with Gasteiger partial charge in [-0.2, -0.15) is 13.2 Å². The van der Waals surface area contributed by atoms with Gasteiger partial charge in [-0.1, -0.05) is 66.7 Å². The predicted octanol–water partition coefficient (Wildman–Crippen LogP) is 4.20. The molecule has 0 N–H and O–H groups in total. The summed E-state index contributed by atoms with van der Waals surface area (Å²) < 4.78 is 55.0. The Labute approximate surface area is 170 Å². The van der Waals surface area contributed by atoms with E-state index >= 15 is 0 Å². The summed E-state index contributed by atoms with van der Waals surface area (Å²) in [6.07, 6.45) is -4.52. The molecule has 0 aliphatic rings. The van der Waals surface area contributed by atoms with Crippen LogP contribution in [0.2, 0.25) is 0 Å². The molecule has 0 atom stereocenters. The van der Waals surface area contributed by atoms with Crippen LogP contribution in [0.5, 0.6) is 0 Å². The van der Waals surface area contributed by atoms with E-state index in [1.54, 1.807) is 60.7 Å². The number of pyridine rings is 1. The van der Waals surface area contributed by atoms with E-state index in [0.29, 0.717) is 16.0 Å². The molecule has 152 valence electrons. The lowest BCUT2D eigenvalue weighted by atomic mass is 10.1. The molecule has 1 aromatic heterocycles. The Morgan fingerprint density at radius 2 is 1.33 bits per heavy atom. The lowest BCUT2D eigenvalue weighted by Crippen LogP contribution is -2.38. The van der Waals surface area contributed by atoms with Crippen LogP contribution in [0.1, 0.15) is 5.56 Å². The summed E-state index contributed by atoms with van der Waals surface area (Å²) >= 11 is 0. The number of hydrogen-bond donors (Lipinski definition) is 0. The van der Waals surface area contributed by atoms with Crippen LogP contribution in [0.3, 0.4) is 0 Å². The van der Waals surface area contributed by atoms with Crippen molar-refractivity contribution in [2.24, 2.45) is 7.05 Å². The molecule has 0 unspecified atom stereocenters. The Hall–Kier alpha value is -3.11. The van der Waals surface area contributed by atoms with Crippen LogP contribution in [-0.2, 0) is 17.8 Å². The van der Waals surface area contributed by atoms with Crippen molar-refractivity contribution < 1.29 is 17.7 Å². The zero-order valence-corrected chi connectivity index (χ0v) is 16.8. The third-order valence-corrected chi connectivity index (χ3v) is 8.16. The first-order chi connectivity index (χ1) is 14.2. The predicted molar refractivity (Wildman–Crippen MR) is 114 cm³/mol. The number of aryl methyl sites for hydroxylation is 1. The van der Waals surface area contributed by atoms with Gasteiger partial charge in [0.2, 0.25) is 0 Å². The molecule has 1 heterocycles. The maximum absolute atomic E-state index is 14.5. The first-order valence-electron chi connectivity index (χ1n) is 9.16. The van der Waals surface area contributed by atoms with E-state index in [1.807, 2.05) is 0 Å². The van der Waals surface area contributed by atoms with E-state index in [9.17, 15) is 22.5 Å². The van der Waals surface area contributed by atoms with Crippen LogP contribution in [0.15, 0.2) is 89.7 Å². The zero-order chi connectivity index (χ0) is 21.5. The Morgan fingerprint density at radius 1 is 0.800 bits per heavy atom. The highest BCUT2D eigenvalue weighted by Crippen LogP contribution is 2.41. The second-order valence-corrected chi connectivity index (χ2v) is 9.68. The summed E-state index contributed by atoms with van der Waals surface area (Å²) in [5.41, 5.74) is -1.30. The fourth-order valence-electron chi connectivity index (χ4n) is 3.55. The van der Waals surface area contributed by atoms with Gasteiger partial charge in [-0.05, 0) is 23.6 Å². The van der Waals surface area contributed by atoms with Crippen molar-refractivity contribution in [2.75, 3.05) is 0 Å². The SMILES string of the molecule is Cn1c(=O)c(P(=O)(c2ccccc2)c2ccccc2)cc2ccc(C(F)(F)F)cc21. The lowest BCUT2D eigenvalue weighted by molar-refractivity contribution is -0.137. The van der Waals surface area contributed by atoms with Gasteiger partial charge in [0.15, 0.2) is 7.14 Å². The molecule has 0 amide bonds. The van der Waals surface area contributed by atoms with Crippen LogP contribution in [0.4, 0.5) is 13.2 Å². The number of nitrogens with zero attached hydrogens (tertiary/aromatic N) is 1. The molecule has 4 rings (SSSR count). The molecule has 0 spiro atoms. The van der Waals surface area contributed by atoms with Gasteiger partial charge in [-0.15, -0.1) is 0 Å². The summed E-state index contributed by atoms with van der Waals surface area (Å²) in [7, 11) is -2.15. The van der Waals surface area contributed by atoms with Crippen LogP contribution in [-0.4, -0.2) is 4.57 Å². The molecular formula is C23H17F3NO2P. The van der Waals surface area contributed by atoms with Gasteiger partial charge >= 0.3 is 6.18 Å². The molecule has 4 aromatic rings. The van der Waals surface area contributed by atoms with Crippen molar-refractivity contribution >= 4 is 34.0 Å². The standard InChI is InChI=1S/C23H17F3NO2P/c1-27-20-15-17(23(24,25)26)13-12-16(20)14-21(22(27)28)30(29,18-8-4-2-5-9-18)19-10-6-3-7-11-19/h2-15H,1H3. The highest BCUT2D eigenvalue weighted by Gasteiger charge is 2.34. The van der Waals surface area contributed by atoms with Gasteiger partial charge in [0.05, 0.1) is 16.4 Å². The van der Waals surface area contributed by atoms with Gasteiger partial charge < -0.3 is 9.13 Å². The first kappa shape index (κ1) is 20.2. The second-order valence-electron chi connectivity index (χ2n) is 6.95. The van der Waals surface area contributed by atoms with Gasteiger partial charge in [-0.25, -0.2) is 0 Å². The molecule has 0 aliphatic heterocycles. The van der Waals surface area contributed by atoms with E-state index in [2.05, 4.69) is 0 Å². The van der Waals surface area contributed by atoms with Gasteiger partial charge in [-0.3, -0.25) is 4.79 Å². The Bertz CT molecular complexity index is 1290. The largest absolute Gasteiger partial charge is 0.416 e. The van der Waals surface area contributed by atoms with Crippen molar-refractivity contribution in [3.8, 4) is 0 Å².